The van der Waals surface area contributed by atoms with E-state index in [0.29, 0.717) is 44.6 Å². The molecule has 0 aliphatic carbocycles. The van der Waals surface area contributed by atoms with E-state index < -0.39 is 0 Å². The number of hydrogen-bond acceptors (Lipinski definition) is 4. The number of amides is 2. The number of esters is 1. The summed E-state index contributed by atoms with van der Waals surface area (Å²) in [4.78, 5) is 43.6. The van der Waals surface area contributed by atoms with Crippen molar-refractivity contribution in [3.8, 4) is 0 Å². The Labute approximate surface area is 157 Å². The predicted octanol–water partition coefficient (Wildman–Crippen LogP) is 1.65. The van der Waals surface area contributed by atoms with E-state index in [1.54, 1.807) is 11.1 Å². The van der Waals surface area contributed by atoms with Crippen molar-refractivity contribution in [2.75, 3.05) is 33.3 Å². The van der Waals surface area contributed by atoms with Crippen LogP contribution in [0.1, 0.15) is 23.2 Å². The van der Waals surface area contributed by atoms with E-state index in [1.165, 1.54) is 7.11 Å². The number of piperidine rings is 1. The summed E-state index contributed by atoms with van der Waals surface area (Å²) in [5.74, 6) is -0.405. The monoisotopic (exact) mass is 369 g/mol. The van der Waals surface area contributed by atoms with Gasteiger partial charge in [0, 0.05) is 43.3 Å². The van der Waals surface area contributed by atoms with Crippen LogP contribution in [-0.2, 0) is 14.3 Å². The summed E-state index contributed by atoms with van der Waals surface area (Å²) in [6, 6.07) is 7.70. The van der Waals surface area contributed by atoms with Crippen LogP contribution < -0.4 is 0 Å². The van der Waals surface area contributed by atoms with Gasteiger partial charge in [0.1, 0.15) is 0 Å². The lowest BCUT2D eigenvalue weighted by molar-refractivity contribution is -0.150. The lowest BCUT2D eigenvalue weighted by atomic mass is 9.93. The van der Waals surface area contributed by atoms with Crippen LogP contribution in [0.15, 0.2) is 30.5 Å². The second-order valence-electron chi connectivity index (χ2n) is 7.28. The van der Waals surface area contributed by atoms with Gasteiger partial charge in [-0.2, -0.15) is 0 Å². The molecule has 0 radical (unpaired) electrons. The van der Waals surface area contributed by atoms with Crippen molar-refractivity contribution < 1.29 is 19.1 Å². The van der Waals surface area contributed by atoms with Gasteiger partial charge in [-0.1, -0.05) is 18.2 Å². The largest absolute Gasteiger partial charge is 0.469 e. The Morgan fingerprint density at radius 3 is 2.44 bits per heavy atom. The van der Waals surface area contributed by atoms with Crippen molar-refractivity contribution >= 4 is 28.7 Å². The lowest BCUT2D eigenvalue weighted by Crippen LogP contribution is -2.57. The molecule has 2 aliphatic rings. The number of H-pyrrole nitrogens is 1. The van der Waals surface area contributed by atoms with Gasteiger partial charge in [-0.05, 0) is 18.9 Å². The highest BCUT2D eigenvalue weighted by molar-refractivity contribution is 6.07. The number of nitrogens with zero attached hydrogens (tertiary/aromatic N) is 2. The molecule has 2 amide bonds. The number of fused-ring (bicyclic) bond motifs is 1. The second kappa shape index (κ2) is 7.06. The molecule has 7 heteroatoms. The summed E-state index contributed by atoms with van der Waals surface area (Å²) in [7, 11) is 1.40. The van der Waals surface area contributed by atoms with Gasteiger partial charge in [-0.15, -0.1) is 0 Å². The molecular formula is C20H23N3O4. The lowest BCUT2D eigenvalue weighted by Gasteiger charge is -2.42. The minimum atomic E-state index is -0.193. The molecule has 0 unspecified atom stereocenters. The molecule has 1 aromatic heterocycles. The van der Waals surface area contributed by atoms with Gasteiger partial charge in [-0.25, -0.2) is 0 Å². The number of para-hydroxylation sites is 1. The molecule has 2 aliphatic heterocycles. The maximum Gasteiger partial charge on any atom is 0.308 e. The zero-order chi connectivity index (χ0) is 19.0. The quantitative estimate of drug-likeness (QED) is 0.834. The maximum atomic E-state index is 12.7. The smallest absolute Gasteiger partial charge is 0.308 e. The first-order valence-electron chi connectivity index (χ1n) is 9.30. The molecule has 2 fully saturated rings. The highest BCUT2D eigenvalue weighted by Gasteiger charge is 2.40. The summed E-state index contributed by atoms with van der Waals surface area (Å²) in [5.41, 5.74) is 1.58. The molecule has 2 saturated heterocycles. The van der Waals surface area contributed by atoms with Gasteiger partial charge in [0.2, 0.25) is 5.91 Å². The van der Waals surface area contributed by atoms with Crippen molar-refractivity contribution in [2.24, 2.45) is 11.8 Å². The molecule has 0 saturated carbocycles. The number of ether oxygens (including phenoxy) is 1. The van der Waals surface area contributed by atoms with Crippen LogP contribution in [0.3, 0.4) is 0 Å². The van der Waals surface area contributed by atoms with Crippen LogP contribution in [0.2, 0.25) is 0 Å². The van der Waals surface area contributed by atoms with E-state index in [0.717, 1.165) is 10.9 Å². The summed E-state index contributed by atoms with van der Waals surface area (Å²) in [6.45, 7) is 2.05. The SMILES string of the molecule is COC(=O)C1CCN(C(=O)C2CN(C(=O)c3c[nH]c4ccccc34)C2)CC1. The van der Waals surface area contributed by atoms with E-state index in [-0.39, 0.29) is 29.6 Å². The third-order valence-electron chi connectivity index (χ3n) is 5.68. The third kappa shape index (κ3) is 3.18. The number of likely N-dealkylation sites (tertiary alicyclic amines) is 2. The first-order valence-corrected chi connectivity index (χ1v) is 9.30. The molecule has 3 heterocycles. The van der Waals surface area contributed by atoms with Gasteiger partial charge in [0.05, 0.1) is 24.5 Å². The fraction of sp³-hybridized carbons (Fsp3) is 0.450. The van der Waals surface area contributed by atoms with Crippen molar-refractivity contribution in [2.45, 2.75) is 12.8 Å². The molecule has 0 atom stereocenters. The van der Waals surface area contributed by atoms with Crippen molar-refractivity contribution in [1.82, 2.24) is 14.8 Å². The van der Waals surface area contributed by atoms with Crippen LogP contribution in [0.4, 0.5) is 0 Å². The topological polar surface area (TPSA) is 82.7 Å². The minimum Gasteiger partial charge on any atom is -0.469 e. The Morgan fingerprint density at radius 2 is 1.74 bits per heavy atom. The minimum absolute atomic E-state index is 0.0408. The highest BCUT2D eigenvalue weighted by Crippen LogP contribution is 2.27. The molecule has 1 N–H and O–H groups in total. The number of rotatable bonds is 3. The number of aromatic amines is 1. The number of benzene rings is 1. The highest BCUT2D eigenvalue weighted by atomic mass is 16.5. The Kier molecular flexibility index (Phi) is 4.59. The Bertz CT molecular complexity index is 876. The van der Waals surface area contributed by atoms with Crippen LogP contribution in [-0.4, -0.2) is 65.9 Å². The first-order chi connectivity index (χ1) is 13.1. The molecule has 2 aromatic rings. The van der Waals surface area contributed by atoms with Crippen LogP contribution in [0, 0.1) is 11.8 Å². The average molecular weight is 369 g/mol. The number of carbonyl (C=O) groups is 3. The normalized spacial score (nSPS) is 18.4. The Balaban J connectivity index is 1.32. The maximum absolute atomic E-state index is 12.7. The summed E-state index contributed by atoms with van der Waals surface area (Å²) >= 11 is 0. The zero-order valence-corrected chi connectivity index (χ0v) is 15.3. The summed E-state index contributed by atoms with van der Waals surface area (Å²) in [6.07, 6.45) is 3.02. The van der Waals surface area contributed by atoms with Crippen molar-refractivity contribution in [3.05, 3.63) is 36.0 Å². The molecule has 4 rings (SSSR count). The van der Waals surface area contributed by atoms with E-state index in [4.69, 9.17) is 4.74 Å². The average Bonchev–Trinajstić information content (AvgIpc) is 3.10. The van der Waals surface area contributed by atoms with Crippen LogP contribution >= 0.6 is 0 Å². The molecule has 7 nitrogen and oxygen atoms in total. The fourth-order valence-corrected chi connectivity index (χ4v) is 3.98. The van der Waals surface area contributed by atoms with Crippen molar-refractivity contribution in [1.29, 1.82) is 0 Å². The van der Waals surface area contributed by atoms with E-state index in [1.807, 2.05) is 29.2 Å². The number of methoxy groups -OCH3 is 1. The molecule has 1 aromatic carbocycles. The first kappa shape index (κ1) is 17.6. The summed E-state index contributed by atoms with van der Waals surface area (Å²) < 4.78 is 4.78. The van der Waals surface area contributed by atoms with Gasteiger partial charge < -0.3 is 19.5 Å². The predicted molar refractivity (Wildman–Crippen MR) is 99.0 cm³/mol. The van der Waals surface area contributed by atoms with Gasteiger partial charge >= 0.3 is 5.97 Å². The van der Waals surface area contributed by atoms with Gasteiger partial charge in [0.25, 0.3) is 5.91 Å². The Morgan fingerprint density at radius 1 is 1.04 bits per heavy atom. The van der Waals surface area contributed by atoms with E-state index in [2.05, 4.69) is 4.98 Å². The van der Waals surface area contributed by atoms with Gasteiger partial charge in [-0.3, -0.25) is 14.4 Å². The Hall–Kier alpha value is -2.83. The number of carbonyl (C=O) groups excluding carboxylic acids is 3. The molecule has 0 spiro atoms. The molecule has 0 bridgehead atoms. The van der Waals surface area contributed by atoms with Gasteiger partial charge in [0.15, 0.2) is 0 Å². The summed E-state index contributed by atoms with van der Waals surface area (Å²) in [5, 5.41) is 0.905. The van der Waals surface area contributed by atoms with Crippen molar-refractivity contribution in [3.63, 3.8) is 0 Å². The number of hydrogen-bond donors (Lipinski definition) is 1. The second-order valence-corrected chi connectivity index (χ2v) is 7.28. The van der Waals surface area contributed by atoms with Crippen LogP contribution in [0.5, 0.6) is 0 Å². The fourth-order valence-electron chi connectivity index (χ4n) is 3.98. The standard InChI is InChI=1S/C20H23N3O4/c1-27-20(26)13-6-8-22(9-7-13)18(24)14-11-23(12-14)19(25)16-10-21-17-5-3-2-4-15(16)17/h2-5,10,13-14,21H,6-9,11-12H2,1H3. The molecular weight excluding hydrogens is 346 g/mol. The number of nitrogens with one attached hydrogen (secondary N) is 1. The molecule has 27 heavy (non-hydrogen) atoms. The van der Waals surface area contributed by atoms with Crippen LogP contribution in [0.25, 0.3) is 10.9 Å². The van der Waals surface area contributed by atoms with E-state index in [9.17, 15) is 14.4 Å². The molecule has 142 valence electrons. The zero-order valence-electron chi connectivity index (χ0n) is 15.3. The number of aromatic nitrogens is 1. The third-order valence-corrected chi connectivity index (χ3v) is 5.68. The van der Waals surface area contributed by atoms with E-state index >= 15 is 0 Å².